The molecule has 11 heteroatoms. The van der Waals surface area contributed by atoms with Crippen molar-refractivity contribution in [1.29, 1.82) is 0 Å². The number of fused-ring (bicyclic) bond motifs is 1. The fourth-order valence-electron chi connectivity index (χ4n) is 4.23. The summed E-state index contributed by atoms with van der Waals surface area (Å²) < 4.78 is 16.6. The third-order valence-electron chi connectivity index (χ3n) is 6.39. The first kappa shape index (κ1) is 26.5. The normalized spacial score (nSPS) is 11.4. The average Bonchev–Trinajstić information content (AvgIpc) is 3.35. The molecule has 3 heterocycles. The van der Waals surface area contributed by atoms with E-state index in [0.717, 1.165) is 5.69 Å². The van der Waals surface area contributed by atoms with E-state index in [1.807, 2.05) is 20.8 Å². The molecule has 5 rings (SSSR count). The standard InChI is InChI=1S/C29H29FN8O2/c1-29(2,3)23-15-24(38(36-23)21-11-9-19(30)10-12-21)34-28(40)33-20-8-6-7-17(13-20)22-14-18-16-32-27(31-4)35-25(18)37(5)26(22)39/h6-16H,1-5H3,(H,31,32,35)(H2,33,34,40). The summed E-state index contributed by atoms with van der Waals surface area (Å²) in [6.45, 7) is 6.05. The first-order valence-corrected chi connectivity index (χ1v) is 12.6. The van der Waals surface area contributed by atoms with Crippen LogP contribution in [0.5, 0.6) is 0 Å². The molecule has 40 heavy (non-hydrogen) atoms. The van der Waals surface area contributed by atoms with Gasteiger partial charge in [0, 0.05) is 48.4 Å². The molecule has 0 atom stereocenters. The maximum atomic E-state index is 13.5. The van der Waals surface area contributed by atoms with Crippen molar-refractivity contribution in [3.05, 3.63) is 88.7 Å². The summed E-state index contributed by atoms with van der Waals surface area (Å²) in [7, 11) is 3.37. The second-order valence-electron chi connectivity index (χ2n) is 10.4. The Morgan fingerprint density at radius 3 is 2.45 bits per heavy atom. The minimum atomic E-state index is -0.500. The molecule has 10 nitrogen and oxygen atoms in total. The van der Waals surface area contributed by atoms with Crippen LogP contribution in [0.2, 0.25) is 0 Å². The Morgan fingerprint density at radius 1 is 1.00 bits per heavy atom. The minimum Gasteiger partial charge on any atom is -0.357 e. The second-order valence-corrected chi connectivity index (χ2v) is 10.4. The minimum absolute atomic E-state index is 0.229. The van der Waals surface area contributed by atoms with Crippen LogP contribution in [-0.2, 0) is 12.5 Å². The van der Waals surface area contributed by atoms with Crippen molar-refractivity contribution < 1.29 is 9.18 Å². The van der Waals surface area contributed by atoms with Crippen molar-refractivity contribution >= 4 is 34.5 Å². The number of benzene rings is 2. The van der Waals surface area contributed by atoms with Crippen LogP contribution in [0.3, 0.4) is 0 Å². The highest BCUT2D eigenvalue weighted by Gasteiger charge is 2.22. The number of carbonyl (C=O) groups is 1. The Hall–Kier alpha value is -5.06. The van der Waals surface area contributed by atoms with Crippen molar-refractivity contribution in [2.24, 2.45) is 7.05 Å². The van der Waals surface area contributed by atoms with E-state index in [1.54, 1.807) is 73.5 Å². The number of urea groups is 1. The van der Waals surface area contributed by atoms with Crippen molar-refractivity contribution in [2.45, 2.75) is 26.2 Å². The number of aromatic nitrogens is 5. The van der Waals surface area contributed by atoms with Crippen LogP contribution in [0.25, 0.3) is 27.8 Å². The number of hydrogen-bond acceptors (Lipinski definition) is 6. The number of halogens is 1. The Labute approximate surface area is 229 Å². The Morgan fingerprint density at radius 2 is 1.75 bits per heavy atom. The number of aryl methyl sites for hydroxylation is 1. The summed E-state index contributed by atoms with van der Waals surface area (Å²) in [4.78, 5) is 34.9. The molecule has 0 aliphatic carbocycles. The van der Waals surface area contributed by atoms with Crippen LogP contribution in [0, 0.1) is 5.82 Å². The molecule has 0 saturated heterocycles. The molecule has 0 bridgehead atoms. The zero-order chi connectivity index (χ0) is 28.6. The number of pyridine rings is 1. The predicted octanol–water partition coefficient (Wildman–Crippen LogP) is 5.30. The van der Waals surface area contributed by atoms with E-state index in [9.17, 15) is 14.0 Å². The van der Waals surface area contributed by atoms with Gasteiger partial charge in [-0.05, 0) is 48.0 Å². The molecule has 2 aromatic carbocycles. The first-order valence-electron chi connectivity index (χ1n) is 12.6. The van der Waals surface area contributed by atoms with Crippen LogP contribution in [0.4, 0.5) is 26.6 Å². The number of carbonyl (C=O) groups excluding carboxylic acids is 1. The summed E-state index contributed by atoms with van der Waals surface area (Å²) in [5.74, 6) is 0.480. The lowest BCUT2D eigenvalue weighted by atomic mass is 9.92. The van der Waals surface area contributed by atoms with Gasteiger partial charge in [-0.1, -0.05) is 32.9 Å². The van der Waals surface area contributed by atoms with E-state index in [0.29, 0.717) is 45.3 Å². The van der Waals surface area contributed by atoms with E-state index in [2.05, 4.69) is 31.0 Å². The number of anilines is 3. The zero-order valence-corrected chi connectivity index (χ0v) is 22.8. The van der Waals surface area contributed by atoms with E-state index in [1.165, 1.54) is 16.7 Å². The number of amides is 2. The molecular weight excluding hydrogens is 511 g/mol. The lowest BCUT2D eigenvalue weighted by Gasteiger charge is -2.14. The summed E-state index contributed by atoms with van der Waals surface area (Å²) in [5.41, 5.74) is 2.93. The van der Waals surface area contributed by atoms with Gasteiger partial charge in [-0.3, -0.25) is 14.7 Å². The van der Waals surface area contributed by atoms with Gasteiger partial charge in [0.1, 0.15) is 17.3 Å². The lowest BCUT2D eigenvalue weighted by molar-refractivity contribution is 0.262. The quantitative estimate of drug-likeness (QED) is 0.278. The van der Waals surface area contributed by atoms with Crippen LogP contribution in [-0.4, -0.2) is 37.4 Å². The highest BCUT2D eigenvalue weighted by molar-refractivity contribution is 6.00. The highest BCUT2D eigenvalue weighted by Crippen LogP contribution is 2.27. The Balaban J connectivity index is 1.43. The van der Waals surface area contributed by atoms with Crippen LogP contribution < -0.4 is 21.5 Å². The van der Waals surface area contributed by atoms with Gasteiger partial charge >= 0.3 is 6.03 Å². The van der Waals surface area contributed by atoms with Crippen LogP contribution in [0.15, 0.2) is 71.7 Å². The summed E-state index contributed by atoms with van der Waals surface area (Å²) in [5, 5.41) is 13.9. The van der Waals surface area contributed by atoms with E-state index < -0.39 is 6.03 Å². The van der Waals surface area contributed by atoms with Gasteiger partial charge in [-0.15, -0.1) is 0 Å². The van der Waals surface area contributed by atoms with Gasteiger partial charge in [-0.2, -0.15) is 10.1 Å². The maximum Gasteiger partial charge on any atom is 0.324 e. The second kappa shape index (κ2) is 10.3. The van der Waals surface area contributed by atoms with Crippen molar-refractivity contribution in [1.82, 2.24) is 24.3 Å². The topological polar surface area (TPSA) is 119 Å². The summed E-state index contributed by atoms with van der Waals surface area (Å²) in [6.07, 6.45) is 1.66. The molecule has 0 fully saturated rings. The molecule has 5 aromatic rings. The SMILES string of the molecule is CNc1ncc2cc(-c3cccc(NC(=O)Nc4cc(C(C)(C)C)nn4-c4ccc(F)cc4)c3)c(=O)n(C)c2n1. The fourth-order valence-corrected chi connectivity index (χ4v) is 4.23. The smallest absolute Gasteiger partial charge is 0.324 e. The van der Waals surface area contributed by atoms with Gasteiger partial charge in [0.25, 0.3) is 5.56 Å². The van der Waals surface area contributed by atoms with Gasteiger partial charge < -0.3 is 10.6 Å². The molecule has 204 valence electrons. The first-order chi connectivity index (χ1) is 19.0. The Bertz CT molecular complexity index is 1790. The van der Waals surface area contributed by atoms with Gasteiger partial charge in [0.2, 0.25) is 5.95 Å². The van der Waals surface area contributed by atoms with E-state index >= 15 is 0 Å². The molecule has 3 N–H and O–H groups in total. The molecule has 0 unspecified atom stereocenters. The molecular formula is C29H29FN8O2. The molecule has 0 aliphatic heterocycles. The molecule has 0 spiro atoms. The number of hydrogen-bond donors (Lipinski definition) is 3. The van der Waals surface area contributed by atoms with E-state index in [4.69, 9.17) is 0 Å². The number of rotatable bonds is 5. The van der Waals surface area contributed by atoms with Crippen LogP contribution in [0.1, 0.15) is 26.5 Å². The van der Waals surface area contributed by atoms with Crippen molar-refractivity contribution in [3.63, 3.8) is 0 Å². The predicted molar refractivity (Wildman–Crippen MR) is 155 cm³/mol. The molecule has 0 radical (unpaired) electrons. The zero-order valence-electron chi connectivity index (χ0n) is 22.8. The van der Waals surface area contributed by atoms with Crippen molar-refractivity contribution in [2.75, 3.05) is 23.0 Å². The third-order valence-corrected chi connectivity index (χ3v) is 6.39. The monoisotopic (exact) mass is 540 g/mol. The number of nitrogens with zero attached hydrogens (tertiary/aromatic N) is 5. The Kier molecular flexibility index (Phi) is 6.80. The summed E-state index contributed by atoms with van der Waals surface area (Å²) in [6, 6.07) is 15.9. The maximum absolute atomic E-state index is 13.5. The highest BCUT2D eigenvalue weighted by atomic mass is 19.1. The fraction of sp³-hybridized carbons (Fsp3) is 0.207. The summed E-state index contributed by atoms with van der Waals surface area (Å²) >= 11 is 0. The molecule has 0 saturated carbocycles. The van der Waals surface area contributed by atoms with Gasteiger partial charge in [0.05, 0.1) is 11.4 Å². The van der Waals surface area contributed by atoms with Gasteiger partial charge in [-0.25, -0.2) is 18.9 Å². The van der Waals surface area contributed by atoms with Gasteiger partial charge in [0.15, 0.2) is 0 Å². The molecule has 0 aliphatic rings. The van der Waals surface area contributed by atoms with E-state index in [-0.39, 0.29) is 16.8 Å². The average molecular weight is 541 g/mol. The molecule has 3 aromatic heterocycles. The number of nitrogens with one attached hydrogen (secondary N) is 3. The third kappa shape index (κ3) is 5.26. The molecule has 2 amide bonds. The van der Waals surface area contributed by atoms with Crippen LogP contribution >= 0.6 is 0 Å². The van der Waals surface area contributed by atoms with Crippen molar-refractivity contribution in [3.8, 4) is 16.8 Å². The largest absolute Gasteiger partial charge is 0.357 e. The lowest BCUT2D eigenvalue weighted by Crippen LogP contribution is -2.22.